The Labute approximate surface area is 153 Å². The highest BCUT2D eigenvalue weighted by Gasteiger charge is 2.14. The largest absolute Gasteiger partial charge is 0.496 e. The predicted octanol–water partition coefficient (Wildman–Crippen LogP) is 5.38. The molecular formula is C17H12Cl2N2O2S. The molecule has 1 aromatic heterocycles. The van der Waals surface area contributed by atoms with Gasteiger partial charge in [0.05, 0.1) is 23.4 Å². The van der Waals surface area contributed by atoms with Gasteiger partial charge in [-0.2, -0.15) is 0 Å². The van der Waals surface area contributed by atoms with Gasteiger partial charge in [0.25, 0.3) is 5.91 Å². The van der Waals surface area contributed by atoms with Gasteiger partial charge in [-0.25, -0.2) is 4.98 Å². The van der Waals surface area contributed by atoms with Gasteiger partial charge in [0.1, 0.15) is 5.75 Å². The molecule has 0 aliphatic heterocycles. The van der Waals surface area contributed by atoms with Gasteiger partial charge in [-0.15, -0.1) is 11.3 Å². The molecule has 0 unspecified atom stereocenters. The fourth-order valence-electron chi connectivity index (χ4n) is 2.15. The van der Waals surface area contributed by atoms with Crippen LogP contribution in [0.5, 0.6) is 5.75 Å². The summed E-state index contributed by atoms with van der Waals surface area (Å²) < 4.78 is 5.20. The van der Waals surface area contributed by atoms with E-state index in [1.807, 2.05) is 5.38 Å². The van der Waals surface area contributed by atoms with Crippen molar-refractivity contribution in [2.45, 2.75) is 0 Å². The normalized spacial score (nSPS) is 10.5. The van der Waals surface area contributed by atoms with Crippen LogP contribution in [0, 0.1) is 0 Å². The Kier molecular flexibility index (Phi) is 5.04. The molecule has 7 heteroatoms. The zero-order valence-electron chi connectivity index (χ0n) is 12.5. The average molecular weight is 379 g/mol. The van der Waals surface area contributed by atoms with Crippen molar-refractivity contribution in [3.8, 4) is 17.0 Å². The van der Waals surface area contributed by atoms with Crippen molar-refractivity contribution >= 4 is 45.6 Å². The molecule has 3 rings (SSSR count). The zero-order chi connectivity index (χ0) is 17.1. The van der Waals surface area contributed by atoms with Crippen LogP contribution in [-0.4, -0.2) is 18.0 Å². The molecule has 0 fully saturated rings. The number of amides is 1. The highest BCUT2D eigenvalue weighted by Crippen LogP contribution is 2.32. The van der Waals surface area contributed by atoms with Crippen LogP contribution in [-0.2, 0) is 0 Å². The van der Waals surface area contributed by atoms with E-state index in [0.717, 1.165) is 5.56 Å². The van der Waals surface area contributed by atoms with E-state index >= 15 is 0 Å². The second kappa shape index (κ2) is 7.21. The topological polar surface area (TPSA) is 51.2 Å². The standard InChI is InChI=1S/C17H12Cl2N2O2S/c1-23-15-5-3-2-4-12(15)16(22)21-17-20-14(9-24-17)11-7-6-10(18)8-13(11)19/h2-9H,1H3,(H,20,21,22). The lowest BCUT2D eigenvalue weighted by Crippen LogP contribution is -2.12. The van der Waals surface area contributed by atoms with Crippen molar-refractivity contribution < 1.29 is 9.53 Å². The van der Waals surface area contributed by atoms with Gasteiger partial charge >= 0.3 is 0 Å². The van der Waals surface area contributed by atoms with Crippen LogP contribution < -0.4 is 10.1 Å². The van der Waals surface area contributed by atoms with Gasteiger partial charge in [0, 0.05) is 16.0 Å². The van der Waals surface area contributed by atoms with Crippen molar-refractivity contribution in [1.29, 1.82) is 0 Å². The first-order chi connectivity index (χ1) is 11.6. The fourth-order valence-corrected chi connectivity index (χ4v) is 3.36. The minimum Gasteiger partial charge on any atom is -0.496 e. The van der Waals surface area contributed by atoms with Crippen molar-refractivity contribution in [2.24, 2.45) is 0 Å². The molecule has 0 spiro atoms. The Bertz CT molecular complexity index is 896. The molecule has 24 heavy (non-hydrogen) atoms. The maximum atomic E-state index is 12.4. The van der Waals surface area contributed by atoms with Gasteiger partial charge in [-0.3, -0.25) is 10.1 Å². The number of aromatic nitrogens is 1. The summed E-state index contributed by atoms with van der Waals surface area (Å²) in [6, 6.07) is 12.2. The highest BCUT2D eigenvalue weighted by molar-refractivity contribution is 7.14. The van der Waals surface area contributed by atoms with Crippen molar-refractivity contribution in [3.05, 3.63) is 63.5 Å². The molecule has 1 amide bonds. The first-order valence-electron chi connectivity index (χ1n) is 6.94. The first kappa shape index (κ1) is 16.8. The number of benzene rings is 2. The van der Waals surface area contributed by atoms with Crippen molar-refractivity contribution in [2.75, 3.05) is 12.4 Å². The van der Waals surface area contributed by atoms with E-state index in [9.17, 15) is 4.79 Å². The molecule has 0 aliphatic rings. The molecule has 122 valence electrons. The number of carbonyl (C=O) groups is 1. The average Bonchev–Trinajstić information content (AvgIpc) is 3.02. The number of nitrogens with one attached hydrogen (secondary N) is 1. The lowest BCUT2D eigenvalue weighted by Gasteiger charge is -2.07. The van der Waals surface area contributed by atoms with Crippen LogP contribution >= 0.6 is 34.5 Å². The quantitative estimate of drug-likeness (QED) is 0.662. The van der Waals surface area contributed by atoms with Crippen molar-refractivity contribution in [3.63, 3.8) is 0 Å². The number of halogens is 2. The van der Waals surface area contributed by atoms with E-state index in [2.05, 4.69) is 10.3 Å². The third-order valence-electron chi connectivity index (χ3n) is 3.28. The third-order valence-corrected chi connectivity index (χ3v) is 4.59. The molecule has 3 aromatic rings. The molecule has 0 radical (unpaired) electrons. The second-order valence-corrected chi connectivity index (χ2v) is 6.52. The molecule has 0 atom stereocenters. The van der Waals surface area contributed by atoms with E-state index in [0.29, 0.717) is 32.2 Å². The molecule has 1 heterocycles. The Balaban J connectivity index is 1.82. The Hall–Kier alpha value is -2.08. The lowest BCUT2D eigenvalue weighted by atomic mass is 10.2. The van der Waals surface area contributed by atoms with E-state index in [1.165, 1.54) is 18.4 Å². The van der Waals surface area contributed by atoms with E-state index < -0.39 is 0 Å². The van der Waals surface area contributed by atoms with Crippen LogP contribution in [0.1, 0.15) is 10.4 Å². The zero-order valence-corrected chi connectivity index (χ0v) is 14.9. The van der Waals surface area contributed by atoms with Crippen LogP contribution in [0.25, 0.3) is 11.3 Å². The monoisotopic (exact) mass is 378 g/mol. The summed E-state index contributed by atoms with van der Waals surface area (Å²) >= 11 is 13.4. The molecule has 0 bridgehead atoms. The summed E-state index contributed by atoms with van der Waals surface area (Å²) in [4.78, 5) is 16.8. The number of anilines is 1. The number of para-hydroxylation sites is 1. The van der Waals surface area contributed by atoms with Gasteiger partial charge in [0.15, 0.2) is 5.13 Å². The summed E-state index contributed by atoms with van der Waals surface area (Å²) in [7, 11) is 1.52. The molecule has 0 saturated carbocycles. The van der Waals surface area contributed by atoms with Crippen molar-refractivity contribution in [1.82, 2.24) is 4.98 Å². The Morgan fingerprint density at radius 2 is 2.00 bits per heavy atom. The summed E-state index contributed by atoms with van der Waals surface area (Å²) in [5, 5.41) is 6.15. The number of hydrogen-bond acceptors (Lipinski definition) is 4. The highest BCUT2D eigenvalue weighted by atomic mass is 35.5. The second-order valence-electron chi connectivity index (χ2n) is 4.82. The van der Waals surface area contributed by atoms with Gasteiger partial charge in [0.2, 0.25) is 0 Å². The minimum atomic E-state index is -0.282. The van der Waals surface area contributed by atoms with E-state index in [1.54, 1.807) is 42.5 Å². The maximum Gasteiger partial charge on any atom is 0.261 e. The van der Waals surface area contributed by atoms with Crippen LogP contribution in [0.3, 0.4) is 0 Å². The summed E-state index contributed by atoms with van der Waals surface area (Å²) in [6.45, 7) is 0. The van der Waals surface area contributed by atoms with E-state index in [-0.39, 0.29) is 5.91 Å². The summed E-state index contributed by atoms with van der Waals surface area (Å²) in [5.41, 5.74) is 1.88. The van der Waals surface area contributed by atoms with Crippen LogP contribution in [0.2, 0.25) is 10.0 Å². The van der Waals surface area contributed by atoms with Gasteiger partial charge in [-0.1, -0.05) is 35.3 Å². The lowest BCUT2D eigenvalue weighted by molar-refractivity contribution is 0.102. The number of thiazole rings is 1. The molecule has 0 saturated heterocycles. The summed E-state index contributed by atoms with van der Waals surface area (Å²) in [6.07, 6.45) is 0. The number of methoxy groups -OCH3 is 1. The van der Waals surface area contributed by atoms with Gasteiger partial charge in [-0.05, 0) is 30.3 Å². The van der Waals surface area contributed by atoms with E-state index in [4.69, 9.17) is 27.9 Å². The molecule has 0 aliphatic carbocycles. The minimum absolute atomic E-state index is 0.282. The number of rotatable bonds is 4. The van der Waals surface area contributed by atoms with Crippen LogP contribution in [0.15, 0.2) is 47.8 Å². The maximum absolute atomic E-state index is 12.4. The molecular weight excluding hydrogens is 367 g/mol. The third kappa shape index (κ3) is 3.53. The number of hydrogen-bond donors (Lipinski definition) is 1. The molecule has 2 aromatic carbocycles. The van der Waals surface area contributed by atoms with Crippen LogP contribution in [0.4, 0.5) is 5.13 Å². The number of ether oxygens (including phenoxy) is 1. The Morgan fingerprint density at radius 1 is 1.21 bits per heavy atom. The number of nitrogens with zero attached hydrogens (tertiary/aromatic N) is 1. The fraction of sp³-hybridized carbons (Fsp3) is 0.0588. The van der Waals surface area contributed by atoms with Gasteiger partial charge < -0.3 is 4.74 Å². The predicted molar refractivity (Wildman–Crippen MR) is 98.5 cm³/mol. The smallest absolute Gasteiger partial charge is 0.261 e. The SMILES string of the molecule is COc1ccccc1C(=O)Nc1nc(-c2ccc(Cl)cc2Cl)cs1. The number of carbonyl (C=O) groups excluding carboxylic acids is 1. The Morgan fingerprint density at radius 3 is 2.75 bits per heavy atom. The summed E-state index contributed by atoms with van der Waals surface area (Å²) in [5.74, 6) is 0.225. The first-order valence-corrected chi connectivity index (χ1v) is 8.57. The molecule has 1 N–H and O–H groups in total. The molecule has 4 nitrogen and oxygen atoms in total.